The van der Waals surface area contributed by atoms with Gasteiger partial charge in [-0.3, -0.25) is 9.00 Å². The van der Waals surface area contributed by atoms with Gasteiger partial charge in [0.25, 0.3) is 5.91 Å². The molecule has 1 unspecified atom stereocenters. The summed E-state index contributed by atoms with van der Waals surface area (Å²) in [4.78, 5) is 12.7. The van der Waals surface area contributed by atoms with Crippen molar-refractivity contribution in [3.05, 3.63) is 101 Å². The molecule has 0 aliphatic heterocycles. The van der Waals surface area contributed by atoms with E-state index < -0.39 is 27.8 Å². The van der Waals surface area contributed by atoms with E-state index in [0.29, 0.717) is 28.9 Å². The van der Waals surface area contributed by atoms with E-state index in [2.05, 4.69) is 5.32 Å². The van der Waals surface area contributed by atoms with Gasteiger partial charge in [-0.25, -0.2) is 0 Å². The molecule has 0 fully saturated rings. The van der Waals surface area contributed by atoms with Crippen molar-refractivity contribution in [2.75, 3.05) is 7.05 Å². The molecule has 2 atom stereocenters. The highest BCUT2D eigenvalue weighted by Crippen LogP contribution is 2.34. The molecule has 1 N–H and O–H groups in total. The molecule has 0 saturated carbocycles. The fourth-order valence-corrected chi connectivity index (χ4v) is 5.22. The fraction of sp³-hybridized carbons (Fsp3) is 0.240. The molecular formula is C25H24F3NO2S. The first kappa shape index (κ1) is 23.7. The molecule has 168 valence electrons. The van der Waals surface area contributed by atoms with Crippen molar-refractivity contribution in [3.8, 4) is 0 Å². The lowest BCUT2D eigenvalue weighted by atomic mass is 10.0. The van der Waals surface area contributed by atoms with Gasteiger partial charge in [-0.2, -0.15) is 13.2 Å². The Balaban J connectivity index is 1.91. The number of halogens is 3. The lowest BCUT2D eigenvalue weighted by Gasteiger charge is -2.20. The molecule has 0 heterocycles. The molecule has 0 aromatic heterocycles. The fourth-order valence-electron chi connectivity index (χ4n) is 3.54. The average Bonchev–Trinajstić information content (AvgIpc) is 2.81. The minimum atomic E-state index is -4.44. The summed E-state index contributed by atoms with van der Waals surface area (Å²) in [5.74, 6) is -0.357. The second-order valence-electron chi connectivity index (χ2n) is 7.36. The predicted molar refractivity (Wildman–Crippen MR) is 120 cm³/mol. The quantitative estimate of drug-likeness (QED) is 0.453. The summed E-state index contributed by atoms with van der Waals surface area (Å²) in [6.45, 7) is 0. The molecule has 32 heavy (non-hydrogen) atoms. The van der Waals surface area contributed by atoms with Crippen molar-refractivity contribution in [1.82, 2.24) is 5.32 Å². The molecule has 0 spiro atoms. The number of amides is 1. The molecule has 3 nitrogen and oxygen atoms in total. The molecular weight excluding hydrogens is 435 g/mol. The van der Waals surface area contributed by atoms with Crippen LogP contribution in [0.1, 0.15) is 45.1 Å². The molecule has 3 rings (SSSR count). The van der Waals surface area contributed by atoms with Crippen LogP contribution < -0.4 is 5.32 Å². The van der Waals surface area contributed by atoms with Crippen molar-refractivity contribution in [1.29, 1.82) is 0 Å². The van der Waals surface area contributed by atoms with Crippen LogP contribution >= 0.6 is 0 Å². The van der Waals surface area contributed by atoms with Crippen LogP contribution in [0.4, 0.5) is 13.2 Å². The molecule has 1 amide bonds. The minimum absolute atomic E-state index is 0.299. The topological polar surface area (TPSA) is 46.2 Å². The van der Waals surface area contributed by atoms with Crippen LogP contribution in [0.5, 0.6) is 0 Å². The highest BCUT2D eigenvalue weighted by Gasteiger charge is 2.31. The third-order valence-corrected chi connectivity index (χ3v) is 7.03. The summed E-state index contributed by atoms with van der Waals surface area (Å²) < 4.78 is 52.7. The summed E-state index contributed by atoms with van der Waals surface area (Å²) in [7, 11) is -0.138. The molecule has 0 aliphatic carbocycles. The summed E-state index contributed by atoms with van der Waals surface area (Å²) >= 11 is 0. The van der Waals surface area contributed by atoms with Gasteiger partial charge in [0, 0.05) is 7.05 Å². The van der Waals surface area contributed by atoms with Crippen LogP contribution in [0.3, 0.4) is 0 Å². The second kappa shape index (κ2) is 10.6. The Kier molecular flexibility index (Phi) is 7.85. The Morgan fingerprint density at radius 3 is 2.19 bits per heavy atom. The number of carbonyl (C=O) groups excluding carboxylic acids is 1. The van der Waals surface area contributed by atoms with Gasteiger partial charge in [0.1, 0.15) is 0 Å². The normalized spacial score (nSPS) is 13.4. The molecule has 3 aromatic rings. The third-order valence-electron chi connectivity index (χ3n) is 5.22. The Hall–Kier alpha value is -2.93. The van der Waals surface area contributed by atoms with Crippen LogP contribution in [0.25, 0.3) is 0 Å². The smallest absolute Gasteiger partial charge is 0.355 e. The Labute approximate surface area is 188 Å². The zero-order chi connectivity index (χ0) is 23.1. The van der Waals surface area contributed by atoms with Gasteiger partial charge in [-0.15, -0.1) is 0 Å². The second-order valence-corrected chi connectivity index (χ2v) is 8.96. The Morgan fingerprint density at radius 1 is 0.938 bits per heavy atom. The van der Waals surface area contributed by atoms with Crippen molar-refractivity contribution in [2.45, 2.75) is 35.6 Å². The first-order chi connectivity index (χ1) is 15.3. The van der Waals surface area contributed by atoms with Crippen LogP contribution in [0, 0.1) is 0 Å². The van der Waals surface area contributed by atoms with Crippen LogP contribution in [0.2, 0.25) is 0 Å². The number of aryl methyl sites for hydroxylation is 1. The van der Waals surface area contributed by atoms with Crippen molar-refractivity contribution >= 4 is 16.7 Å². The van der Waals surface area contributed by atoms with Gasteiger partial charge in [-0.1, -0.05) is 54.6 Å². The molecule has 0 saturated heterocycles. The summed E-state index contributed by atoms with van der Waals surface area (Å²) in [5, 5.41) is 2.00. The van der Waals surface area contributed by atoms with E-state index in [0.717, 1.165) is 24.1 Å². The van der Waals surface area contributed by atoms with Gasteiger partial charge < -0.3 is 5.32 Å². The van der Waals surface area contributed by atoms with Gasteiger partial charge >= 0.3 is 6.18 Å². The number of benzene rings is 3. The van der Waals surface area contributed by atoms with E-state index >= 15 is 0 Å². The SMILES string of the molecule is CNC(=O)c1ccccc1S(=O)[C@H](CCCc1ccccc1)c1ccc(C(F)(F)F)cc1. The number of rotatable bonds is 8. The van der Waals surface area contributed by atoms with Gasteiger partial charge in [0.2, 0.25) is 0 Å². The minimum Gasteiger partial charge on any atom is -0.355 e. The first-order valence-corrected chi connectivity index (χ1v) is 11.5. The zero-order valence-electron chi connectivity index (χ0n) is 17.6. The van der Waals surface area contributed by atoms with Gasteiger partial charge in [-0.05, 0) is 54.7 Å². The number of hydrogen-bond donors (Lipinski definition) is 1. The third kappa shape index (κ3) is 5.85. The van der Waals surface area contributed by atoms with E-state index in [-0.39, 0.29) is 5.91 Å². The largest absolute Gasteiger partial charge is 0.416 e. The van der Waals surface area contributed by atoms with Crippen LogP contribution in [0.15, 0.2) is 83.8 Å². The van der Waals surface area contributed by atoms with Crippen molar-refractivity contribution in [2.24, 2.45) is 0 Å². The van der Waals surface area contributed by atoms with E-state index in [1.807, 2.05) is 30.3 Å². The molecule has 0 radical (unpaired) electrons. The standard InChI is InChI=1S/C25H24F3NO2S/c1-29-24(30)21-11-5-6-12-23(21)32(31)22(13-7-10-18-8-3-2-4-9-18)19-14-16-20(17-15-19)25(26,27)28/h2-6,8-9,11-12,14-17,22H,7,10,13H2,1H3,(H,29,30)/t22-,32?/m1/s1. The van der Waals surface area contributed by atoms with Crippen molar-refractivity contribution < 1.29 is 22.2 Å². The van der Waals surface area contributed by atoms with E-state index in [1.54, 1.807) is 24.3 Å². The lowest BCUT2D eigenvalue weighted by molar-refractivity contribution is -0.137. The Morgan fingerprint density at radius 2 is 1.56 bits per heavy atom. The maximum absolute atomic E-state index is 13.6. The summed E-state index contributed by atoms with van der Waals surface area (Å²) in [5.41, 5.74) is 1.24. The van der Waals surface area contributed by atoms with Crippen LogP contribution in [-0.4, -0.2) is 17.2 Å². The molecule has 0 bridgehead atoms. The highest BCUT2D eigenvalue weighted by atomic mass is 32.2. The monoisotopic (exact) mass is 459 g/mol. The number of nitrogens with one attached hydrogen (secondary N) is 1. The van der Waals surface area contributed by atoms with Crippen LogP contribution in [-0.2, 0) is 23.4 Å². The summed E-state index contributed by atoms with van der Waals surface area (Å²) in [6, 6.07) is 21.3. The molecule has 7 heteroatoms. The number of alkyl halides is 3. The maximum atomic E-state index is 13.6. The van der Waals surface area contributed by atoms with Gasteiger partial charge in [0.05, 0.1) is 32.1 Å². The first-order valence-electron chi connectivity index (χ1n) is 10.2. The lowest BCUT2D eigenvalue weighted by Crippen LogP contribution is -2.21. The van der Waals surface area contributed by atoms with E-state index in [1.165, 1.54) is 19.2 Å². The Bertz CT molecular complexity index is 1070. The van der Waals surface area contributed by atoms with Crippen molar-refractivity contribution in [3.63, 3.8) is 0 Å². The maximum Gasteiger partial charge on any atom is 0.416 e. The van der Waals surface area contributed by atoms with E-state index in [9.17, 15) is 22.2 Å². The summed E-state index contributed by atoms with van der Waals surface area (Å²) in [6.07, 6.45) is -2.49. The van der Waals surface area contributed by atoms with E-state index in [4.69, 9.17) is 0 Å². The average molecular weight is 460 g/mol. The zero-order valence-corrected chi connectivity index (χ0v) is 18.4. The number of hydrogen-bond acceptors (Lipinski definition) is 2. The highest BCUT2D eigenvalue weighted by molar-refractivity contribution is 7.85. The molecule has 0 aliphatic rings. The molecule has 3 aromatic carbocycles. The predicted octanol–water partition coefficient (Wildman–Crippen LogP) is 5.94. The van der Waals surface area contributed by atoms with Gasteiger partial charge in [0.15, 0.2) is 0 Å². The number of carbonyl (C=O) groups is 1.